The monoisotopic (exact) mass is 419 g/mol. The smallest absolute Gasteiger partial charge is 0.225 e. The van der Waals surface area contributed by atoms with E-state index in [0.29, 0.717) is 21.9 Å². The van der Waals surface area contributed by atoms with E-state index in [1.165, 1.54) is 0 Å². The van der Waals surface area contributed by atoms with Gasteiger partial charge in [-0.1, -0.05) is 23.2 Å². The number of fused-ring (bicyclic) bond motifs is 1. The Morgan fingerprint density at radius 2 is 1.89 bits per heavy atom. The van der Waals surface area contributed by atoms with Gasteiger partial charge in [0.15, 0.2) is 5.65 Å². The summed E-state index contributed by atoms with van der Waals surface area (Å²) >= 11 is 12.3. The molecule has 3 aromatic rings. The van der Waals surface area contributed by atoms with E-state index >= 15 is 0 Å². The quantitative estimate of drug-likeness (QED) is 0.572. The van der Waals surface area contributed by atoms with Gasteiger partial charge in [0, 0.05) is 27.8 Å². The van der Waals surface area contributed by atoms with Gasteiger partial charge in [0.2, 0.25) is 11.9 Å². The molecule has 3 N–H and O–H groups in total. The van der Waals surface area contributed by atoms with E-state index in [4.69, 9.17) is 33.2 Å². The lowest BCUT2D eigenvalue weighted by atomic mass is 10.1. The van der Waals surface area contributed by atoms with Crippen LogP contribution < -0.4 is 16.0 Å². The molecular weight excluding hydrogens is 397 g/mol. The third-order valence-electron chi connectivity index (χ3n) is 4.44. The summed E-state index contributed by atoms with van der Waals surface area (Å²) in [4.78, 5) is 13.9. The molecule has 0 saturated carbocycles. The molecule has 3 heterocycles. The number of aromatic nitrogens is 4. The Morgan fingerprint density at radius 1 is 1.14 bits per heavy atom. The lowest BCUT2D eigenvalue weighted by molar-refractivity contribution is 0.564. The zero-order valence-corrected chi connectivity index (χ0v) is 17.6. The molecule has 1 fully saturated rings. The first kappa shape index (κ1) is 19.2. The number of nitrogens with zero attached hydrogens (tertiary/aromatic N) is 4. The molecule has 0 radical (unpaired) electrons. The zero-order valence-electron chi connectivity index (χ0n) is 16.1. The van der Waals surface area contributed by atoms with Gasteiger partial charge in [-0.3, -0.25) is 4.57 Å². The molecule has 1 aromatic carbocycles. The van der Waals surface area contributed by atoms with E-state index in [2.05, 4.69) is 46.3 Å². The standard InChI is InChI=1S/C19H23Cl2N7/c1-19(2,3)27-17-23-10-15-16(26-17)28(14-4-5-22-9-14)18(25-15)24-13-7-11(20)6-12(21)8-13/h6-8,10,14,22H,4-5,9H2,1-3H3,(H,24,25)(H,23,26,27). The van der Waals surface area contributed by atoms with Crippen LogP contribution in [0.25, 0.3) is 11.2 Å². The molecule has 4 rings (SSSR count). The third-order valence-corrected chi connectivity index (χ3v) is 4.87. The fourth-order valence-corrected chi connectivity index (χ4v) is 3.86. The van der Waals surface area contributed by atoms with Crippen molar-refractivity contribution in [3.8, 4) is 0 Å². The first-order valence-corrected chi connectivity index (χ1v) is 10.0. The second-order valence-corrected chi connectivity index (χ2v) is 8.89. The summed E-state index contributed by atoms with van der Waals surface area (Å²) < 4.78 is 2.14. The highest BCUT2D eigenvalue weighted by Gasteiger charge is 2.24. The Kier molecular flexibility index (Phi) is 5.07. The molecular formula is C19H23Cl2N7. The molecule has 1 aliphatic rings. The molecule has 1 atom stereocenters. The van der Waals surface area contributed by atoms with Gasteiger partial charge >= 0.3 is 0 Å². The summed E-state index contributed by atoms with van der Waals surface area (Å²) in [6.45, 7) is 8.06. The van der Waals surface area contributed by atoms with Crippen molar-refractivity contribution < 1.29 is 0 Å². The first-order valence-electron chi connectivity index (χ1n) is 9.25. The van der Waals surface area contributed by atoms with Crippen LogP contribution in [0.2, 0.25) is 10.0 Å². The van der Waals surface area contributed by atoms with E-state index in [1.54, 1.807) is 12.3 Å². The number of benzene rings is 1. The lowest BCUT2D eigenvalue weighted by Gasteiger charge is -2.20. The Morgan fingerprint density at radius 3 is 2.54 bits per heavy atom. The highest BCUT2D eigenvalue weighted by atomic mass is 35.5. The highest BCUT2D eigenvalue weighted by Crippen LogP contribution is 2.31. The first-order chi connectivity index (χ1) is 13.3. The topological polar surface area (TPSA) is 79.7 Å². The number of anilines is 3. The van der Waals surface area contributed by atoms with E-state index < -0.39 is 0 Å². The Bertz CT molecular complexity index is 983. The Balaban J connectivity index is 1.79. The number of hydrogen-bond acceptors (Lipinski definition) is 6. The zero-order chi connectivity index (χ0) is 19.9. The molecule has 28 heavy (non-hydrogen) atoms. The molecule has 0 aliphatic carbocycles. The van der Waals surface area contributed by atoms with Crippen LogP contribution in [0, 0.1) is 0 Å². The predicted molar refractivity (Wildman–Crippen MR) is 115 cm³/mol. The summed E-state index contributed by atoms with van der Waals surface area (Å²) in [5.74, 6) is 1.29. The lowest BCUT2D eigenvalue weighted by Crippen LogP contribution is -2.27. The largest absolute Gasteiger partial charge is 0.350 e. The van der Waals surface area contributed by atoms with Crippen LogP contribution in [0.4, 0.5) is 17.6 Å². The third kappa shape index (κ3) is 4.16. The predicted octanol–water partition coefficient (Wildman–Crippen LogP) is 4.62. The van der Waals surface area contributed by atoms with Crippen molar-refractivity contribution in [2.45, 2.75) is 38.8 Å². The van der Waals surface area contributed by atoms with Gasteiger partial charge in [-0.05, 0) is 51.9 Å². The normalized spacial score (nSPS) is 17.2. The van der Waals surface area contributed by atoms with Gasteiger partial charge in [-0.15, -0.1) is 0 Å². The summed E-state index contributed by atoms with van der Waals surface area (Å²) in [6, 6.07) is 5.60. The van der Waals surface area contributed by atoms with Gasteiger partial charge in [-0.2, -0.15) is 4.98 Å². The number of hydrogen-bond donors (Lipinski definition) is 3. The van der Waals surface area contributed by atoms with Crippen molar-refractivity contribution in [2.75, 3.05) is 23.7 Å². The van der Waals surface area contributed by atoms with Crippen LogP contribution in [-0.2, 0) is 0 Å². The van der Waals surface area contributed by atoms with Crippen molar-refractivity contribution in [1.29, 1.82) is 0 Å². The Hall–Kier alpha value is -2.09. The van der Waals surface area contributed by atoms with E-state index in [9.17, 15) is 0 Å². The minimum absolute atomic E-state index is 0.133. The molecule has 0 amide bonds. The number of imidazole rings is 1. The van der Waals surface area contributed by atoms with Crippen LogP contribution in [0.5, 0.6) is 0 Å². The number of nitrogens with one attached hydrogen (secondary N) is 3. The average molecular weight is 420 g/mol. The summed E-state index contributed by atoms with van der Waals surface area (Å²) in [7, 11) is 0. The van der Waals surface area contributed by atoms with E-state index in [0.717, 1.165) is 36.4 Å². The highest BCUT2D eigenvalue weighted by molar-refractivity contribution is 6.35. The molecule has 1 saturated heterocycles. The molecule has 7 nitrogen and oxygen atoms in total. The second kappa shape index (κ2) is 7.39. The summed E-state index contributed by atoms with van der Waals surface area (Å²) in [5, 5.41) is 11.2. The van der Waals surface area contributed by atoms with Crippen LogP contribution in [-0.4, -0.2) is 38.1 Å². The van der Waals surface area contributed by atoms with Crippen molar-refractivity contribution in [2.24, 2.45) is 0 Å². The molecule has 1 unspecified atom stereocenters. The van der Waals surface area contributed by atoms with Crippen molar-refractivity contribution in [1.82, 2.24) is 24.8 Å². The van der Waals surface area contributed by atoms with E-state index in [-0.39, 0.29) is 11.6 Å². The van der Waals surface area contributed by atoms with Gasteiger partial charge in [0.05, 0.1) is 12.2 Å². The number of halogens is 2. The SMILES string of the molecule is CC(C)(C)Nc1ncc2nc(Nc3cc(Cl)cc(Cl)c3)n(C3CCNC3)c2n1. The van der Waals surface area contributed by atoms with Crippen molar-refractivity contribution >= 4 is 51.9 Å². The molecule has 9 heteroatoms. The van der Waals surface area contributed by atoms with Crippen LogP contribution >= 0.6 is 23.2 Å². The second-order valence-electron chi connectivity index (χ2n) is 8.01. The molecule has 0 bridgehead atoms. The van der Waals surface area contributed by atoms with Gasteiger partial charge in [0.1, 0.15) is 5.52 Å². The van der Waals surface area contributed by atoms with Crippen molar-refractivity contribution in [3.63, 3.8) is 0 Å². The minimum atomic E-state index is -0.133. The molecule has 2 aromatic heterocycles. The van der Waals surface area contributed by atoms with E-state index in [1.807, 2.05) is 12.1 Å². The maximum atomic E-state index is 6.15. The fourth-order valence-electron chi connectivity index (χ4n) is 3.34. The average Bonchev–Trinajstić information content (AvgIpc) is 3.19. The van der Waals surface area contributed by atoms with Crippen LogP contribution in [0.3, 0.4) is 0 Å². The fraction of sp³-hybridized carbons (Fsp3) is 0.421. The maximum Gasteiger partial charge on any atom is 0.225 e. The molecule has 0 spiro atoms. The Labute approximate surface area is 173 Å². The van der Waals surface area contributed by atoms with Gasteiger partial charge in [-0.25, -0.2) is 9.97 Å². The van der Waals surface area contributed by atoms with Crippen molar-refractivity contribution in [3.05, 3.63) is 34.4 Å². The summed E-state index contributed by atoms with van der Waals surface area (Å²) in [5.41, 5.74) is 2.18. The molecule has 148 valence electrons. The number of rotatable bonds is 4. The van der Waals surface area contributed by atoms with Crippen LogP contribution in [0.1, 0.15) is 33.2 Å². The molecule has 1 aliphatic heterocycles. The minimum Gasteiger partial charge on any atom is -0.350 e. The van der Waals surface area contributed by atoms with Gasteiger partial charge in [0.25, 0.3) is 0 Å². The van der Waals surface area contributed by atoms with Gasteiger partial charge < -0.3 is 16.0 Å². The maximum absolute atomic E-state index is 6.15. The summed E-state index contributed by atoms with van der Waals surface area (Å²) in [6.07, 6.45) is 2.76. The van der Waals surface area contributed by atoms with Crippen LogP contribution in [0.15, 0.2) is 24.4 Å².